The summed E-state index contributed by atoms with van der Waals surface area (Å²) in [5, 5.41) is 14.9. The van der Waals surface area contributed by atoms with Crippen LogP contribution in [0.25, 0.3) is 0 Å². The highest BCUT2D eigenvalue weighted by molar-refractivity contribution is 7.11. The smallest absolute Gasteiger partial charge is 0.292 e. The molecule has 0 radical (unpaired) electrons. The number of aromatic nitrogens is 1. The quantitative estimate of drug-likeness (QED) is 0.672. The van der Waals surface area contributed by atoms with Crippen molar-refractivity contribution in [3.8, 4) is 5.75 Å². The zero-order valence-electron chi connectivity index (χ0n) is 10.5. The lowest BCUT2D eigenvalue weighted by molar-refractivity contribution is -0.384. The Balaban J connectivity index is 2.19. The molecule has 6 nitrogen and oxygen atoms in total. The van der Waals surface area contributed by atoms with Gasteiger partial charge in [0.25, 0.3) is 5.69 Å². The molecule has 2 rings (SSSR count). The Morgan fingerprint density at radius 2 is 2.32 bits per heavy atom. The number of methoxy groups -OCH3 is 1. The van der Waals surface area contributed by atoms with E-state index in [0.717, 1.165) is 9.88 Å². The topological polar surface area (TPSA) is 77.3 Å². The number of aryl methyl sites for hydroxylation is 1. The normalized spacial score (nSPS) is 10.2. The van der Waals surface area contributed by atoms with Crippen molar-refractivity contribution < 1.29 is 9.66 Å². The molecule has 1 N–H and O–H groups in total. The SMILES string of the molecule is COc1ccc([N+](=O)[O-])c(NCc2ncc(C)s2)c1. The van der Waals surface area contributed by atoms with Gasteiger partial charge in [-0.2, -0.15) is 0 Å². The molecule has 7 heteroatoms. The van der Waals surface area contributed by atoms with Crippen LogP contribution in [0.4, 0.5) is 11.4 Å². The number of ether oxygens (including phenoxy) is 1. The Morgan fingerprint density at radius 1 is 1.53 bits per heavy atom. The van der Waals surface area contributed by atoms with Gasteiger partial charge in [0, 0.05) is 23.2 Å². The summed E-state index contributed by atoms with van der Waals surface area (Å²) < 4.78 is 5.07. The second-order valence-corrected chi connectivity index (χ2v) is 5.18. The van der Waals surface area contributed by atoms with Gasteiger partial charge in [-0.25, -0.2) is 4.98 Å². The maximum absolute atomic E-state index is 10.9. The van der Waals surface area contributed by atoms with Crippen molar-refractivity contribution in [2.24, 2.45) is 0 Å². The third-order valence-corrected chi connectivity index (χ3v) is 3.41. The van der Waals surface area contributed by atoms with Crippen LogP contribution < -0.4 is 10.1 Å². The molecule has 100 valence electrons. The van der Waals surface area contributed by atoms with Gasteiger partial charge >= 0.3 is 0 Å². The summed E-state index contributed by atoms with van der Waals surface area (Å²) in [5.41, 5.74) is 0.450. The number of benzene rings is 1. The Morgan fingerprint density at radius 3 is 2.89 bits per heavy atom. The number of nitro groups is 1. The standard InChI is InChI=1S/C12H13N3O3S/c1-8-6-14-12(19-8)7-13-10-5-9(18-2)3-4-11(10)15(16)17/h3-6,13H,7H2,1-2H3. The van der Waals surface area contributed by atoms with E-state index in [-0.39, 0.29) is 5.69 Å². The molecule has 0 unspecified atom stereocenters. The molecule has 0 saturated carbocycles. The molecule has 19 heavy (non-hydrogen) atoms. The molecule has 0 bridgehead atoms. The summed E-state index contributed by atoms with van der Waals surface area (Å²) in [4.78, 5) is 15.8. The van der Waals surface area contributed by atoms with Crippen LogP contribution in [-0.4, -0.2) is 17.0 Å². The van der Waals surface area contributed by atoms with Crippen LogP contribution in [-0.2, 0) is 6.54 Å². The van der Waals surface area contributed by atoms with Gasteiger partial charge < -0.3 is 10.1 Å². The maximum atomic E-state index is 10.9. The lowest BCUT2D eigenvalue weighted by atomic mass is 10.2. The molecule has 2 aromatic rings. The largest absolute Gasteiger partial charge is 0.497 e. The molecule has 0 fully saturated rings. The number of anilines is 1. The Kier molecular flexibility index (Phi) is 3.96. The van der Waals surface area contributed by atoms with Crippen molar-refractivity contribution in [2.75, 3.05) is 12.4 Å². The Bertz CT molecular complexity index is 598. The van der Waals surface area contributed by atoms with Crippen molar-refractivity contribution in [3.05, 3.63) is 44.4 Å². The molecule has 0 atom stereocenters. The highest BCUT2D eigenvalue weighted by Gasteiger charge is 2.14. The molecule has 1 aromatic carbocycles. The molecule has 0 saturated heterocycles. The minimum absolute atomic E-state index is 0.0223. The molecule has 0 amide bonds. The molecule has 0 aliphatic rings. The number of rotatable bonds is 5. The van der Waals surface area contributed by atoms with Crippen molar-refractivity contribution in [1.82, 2.24) is 4.98 Å². The molecule has 1 heterocycles. The van der Waals surface area contributed by atoms with E-state index in [2.05, 4.69) is 10.3 Å². The van der Waals surface area contributed by atoms with Crippen LogP contribution in [0.1, 0.15) is 9.88 Å². The third kappa shape index (κ3) is 3.19. The van der Waals surface area contributed by atoms with Gasteiger partial charge in [0.15, 0.2) is 0 Å². The zero-order valence-corrected chi connectivity index (χ0v) is 11.4. The number of nitrogens with zero attached hydrogens (tertiary/aromatic N) is 2. The lowest BCUT2D eigenvalue weighted by Gasteiger charge is -2.07. The first-order valence-corrected chi connectivity index (χ1v) is 6.39. The van der Waals surface area contributed by atoms with Crippen molar-refractivity contribution in [1.29, 1.82) is 0 Å². The average molecular weight is 279 g/mol. The fourth-order valence-electron chi connectivity index (χ4n) is 1.60. The van der Waals surface area contributed by atoms with Gasteiger partial charge in [-0.15, -0.1) is 11.3 Å². The van der Waals surface area contributed by atoms with E-state index in [9.17, 15) is 10.1 Å². The van der Waals surface area contributed by atoms with Crippen LogP contribution in [0.15, 0.2) is 24.4 Å². The number of nitrogens with one attached hydrogen (secondary N) is 1. The summed E-state index contributed by atoms with van der Waals surface area (Å²) in [5.74, 6) is 0.573. The van der Waals surface area contributed by atoms with Crippen molar-refractivity contribution in [2.45, 2.75) is 13.5 Å². The summed E-state index contributed by atoms with van der Waals surface area (Å²) in [6, 6.07) is 4.60. The number of nitro benzene ring substituents is 1. The predicted molar refractivity (Wildman–Crippen MR) is 73.8 cm³/mol. The summed E-state index contributed by atoms with van der Waals surface area (Å²) >= 11 is 1.56. The average Bonchev–Trinajstić information content (AvgIpc) is 2.81. The molecule has 0 aliphatic heterocycles. The molecular formula is C12H13N3O3S. The van der Waals surface area contributed by atoms with Gasteiger partial charge in [0.2, 0.25) is 0 Å². The molecule has 1 aromatic heterocycles. The molecular weight excluding hydrogens is 266 g/mol. The first-order chi connectivity index (χ1) is 9.10. The minimum Gasteiger partial charge on any atom is -0.497 e. The first kappa shape index (κ1) is 13.3. The number of thiazole rings is 1. The highest BCUT2D eigenvalue weighted by Crippen LogP contribution is 2.29. The van der Waals surface area contributed by atoms with Crippen LogP contribution in [0.5, 0.6) is 5.75 Å². The van der Waals surface area contributed by atoms with Gasteiger partial charge in [0.1, 0.15) is 16.4 Å². The zero-order chi connectivity index (χ0) is 13.8. The van der Waals surface area contributed by atoms with E-state index in [1.165, 1.54) is 13.2 Å². The van der Waals surface area contributed by atoms with Crippen LogP contribution in [0.2, 0.25) is 0 Å². The van der Waals surface area contributed by atoms with E-state index in [4.69, 9.17) is 4.74 Å². The highest BCUT2D eigenvalue weighted by atomic mass is 32.1. The van der Waals surface area contributed by atoms with Crippen LogP contribution in [0, 0.1) is 17.0 Å². The Labute approximate surface area is 114 Å². The molecule has 0 spiro atoms. The van der Waals surface area contributed by atoms with E-state index < -0.39 is 4.92 Å². The monoisotopic (exact) mass is 279 g/mol. The molecule has 0 aliphatic carbocycles. The van der Waals surface area contributed by atoms with Gasteiger partial charge in [-0.3, -0.25) is 10.1 Å². The second kappa shape index (κ2) is 5.66. The second-order valence-electron chi connectivity index (χ2n) is 3.86. The van der Waals surface area contributed by atoms with Crippen molar-refractivity contribution >= 4 is 22.7 Å². The van der Waals surface area contributed by atoms with E-state index >= 15 is 0 Å². The van der Waals surface area contributed by atoms with E-state index in [0.29, 0.717) is 18.0 Å². The predicted octanol–water partition coefficient (Wildman–Crippen LogP) is 2.98. The Hall–Kier alpha value is -2.15. The number of hydrogen-bond donors (Lipinski definition) is 1. The number of hydrogen-bond acceptors (Lipinski definition) is 6. The minimum atomic E-state index is -0.422. The van der Waals surface area contributed by atoms with Crippen LogP contribution >= 0.6 is 11.3 Å². The van der Waals surface area contributed by atoms with E-state index in [1.807, 2.05) is 6.92 Å². The fraction of sp³-hybridized carbons (Fsp3) is 0.250. The van der Waals surface area contributed by atoms with E-state index in [1.54, 1.807) is 29.7 Å². The van der Waals surface area contributed by atoms with Gasteiger partial charge in [0.05, 0.1) is 18.6 Å². The van der Waals surface area contributed by atoms with Gasteiger partial charge in [-0.05, 0) is 13.0 Å². The first-order valence-electron chi connectivity index (χ1n) is 5.57. The fourth-order valence-corrected chi connectivity index (χ4v) is 2.32. The third-order valence-electron chi connectivity index (χ3n) is 2.50. The van der Waals surface area contributed by atoms with Gasteiger partial charge in [-0.1, -0.05) is 0 Å². The van der Waals surface area contributed by atoms with Crippen molar-refractivity contribution in [3.63, 3.8) is 0 Å². The summed E-state index contributed by atoms with van der Waals surface area (Å²) in [7, 11) is 1.52. The summed E-state index contributed by atoms with van der Waals surface area (Å²) in [6.45, 7) is 2.42. The summed E-state index contributed by atoms with van der Waals surface area (Å²) in [6.07, 6.45) is 1.78. The lowest BCUT2D eigenvalue weighted by Crippen LogP contribution is -2.02. The van der Waals surface area contributed by atoms with Crippen LogP contribution in [0.3, 0.4) is 0 Å². The maximum Gasteiger partial charge on any atom is 0.292 e.